The minimum Gasteiger partial charge on any atom is -0.466 e. The molecule has 0 saturated heterocycles. The van der Waals surface area contributed by atoms with Crippen molar-refractivity contribution in [1.82, 2.24) is 5.32 Å². The molecule has 1 amide bonds. The minimum absolute atomic E-state index is 0.00962. The van der Waals surface area contributed by atoms with Crippen LogP contribution in [0.15, 0.2) is 24.3 Å². The number of esters is 1. The van der Waals surface area contributed by atoms with E-state index in [1.807, 2.05) is 0 Å². The highest BCUT2D eigenvalue weighted by Crippen LogP contribution is 2.20. The van der Waals surface area contributed by atoms with Gasteiger partial charge in [0.15, 0.2) is 0 Å². The van der Waals surface area contributed by atoms with Crippen LogP contribution in [0.2, 0.25) is 0 Å². The van der Waals surface area contributed by atoms with Crippen LogP contribution < -0.4 is 5.32 Å². The van der Waals surface area contributed by atoms with E-state index in [4.69, 9.17) is 4.74 Å². The first kappa shape index (κ1) is 84.3. The molecule has 0 aliphatic heterocycles. The molecule has 0 rings (SSSR count). The Morgan fingerprint density at radius 1 is 0.314 bits per heavy atom. The Morgan fingerprint density at radius 3 is 0.826 bits per heavy atom. The van der Waals surface area contributed by atoms with Crippen molar-refractivity contribution in [1.29, 1.82) is 0 Å². The number of unbranched alkanes of at least 4 members (excludes halogenated alkanes) is 60. The lowest BCUT2D eigenvalue weighted by Crippen LogP contribution is -2.45. The Balaban J connectivity index is 3.37. The zero-order valence-corrected chi connectivity index (χ0v) is 58.6. The predicted octanol–water partition coefficient (Wildman–Crippen LogP) is 26.0. The lowest BCUT2D eigenvalue weighted by molar-refractivity contribution is -0.143. The maximum Gasteiger partial charge on any atom is 0.305 e. The Kier molecular flexibility index (Phi) is 74.3. The first-order chi connectivity index (χ1) is 42.5. The second-order valence-electron chi connectivity index (χ2n) is 27.4. The molecule has 0 aromatic heterocycles. The molecule has 0 aromatic carbocycles. The molecule has 0 aromatic rings. The van der Waals surface area contributed by atoms with Crippen molar-refractivity contribution in [2.75, 3.05) is 13.2 Å². The van der Waals surface area contributed by atoms with Crippen LogP contribution in [0.5, 0.6) is 0 Å². The van der Waals surface area contributed by atoms with Gasteiger partial charge in [0.2, 0.25) is 5.91 Å². The van der Waals surface area contributed by atoms with Crippen molar-refractivity contribution >= 4 is 11.9 Å². The molecule has 0 aliphatic carbocycles. The van der Waals surface area contributed by atoms with Crippen LogP contribution in [0.1, 0.15) is 450 Å². The van der Waals surface area contributed by atoms with Gasteiger partial charge in [0.25, 0.3) is 0 Å². The van der Waals surface area contributed by atoms with E-state index in [1.54, 1.807) is 0 Å². The van der Waals surface area contributed by atoms with E-state index in [1.165, 1.54) is 372 Å². The summed E-state index contributed by atoms with van der Waals surface area (Å²) in [5.41, 5.74) is 0. The number of amides is 1. The van der Waals surface area contributed by atoms with Gasteiger partial charge in [-0.15, -0.1) is 0 Å². The predicted molar refractivity (Wildman–Crippen MR) is 380 cm³/mol. The number of ether oxygens (including phenoxy) is 1. The second kappa shape index (κ2) is 75.8. The van der Waals surface area contributed by atoms with Crippen LogP contribution in [0.25, 0.3) is 0 Å². The number of hydrogen-bond donors (Lipinski definition) is 3. The van der Waals surface area contributed by atoms with Crippen molar-refractivity contribution in [3.05, 3.63) is 24.3 Å². The summed E-state index contributed by atoms with van der Waals surface area (Å²) >= 11 is 0. The molecule has 2 atom stereocenters. The fourth-order valence-electron chi connectivity index (χ4n) is 12.7. The summed E-state index contributed by atoms with van der Waals surface area (Å²) in [5.74, 6) is -0.0196. The molecule has 0 saturated carbocycles. The number of aliphatic hydroxyl groups excluding tert-OH is 2. The van der Waals surface area contributed by atoms with Gasteiger partial charge in [0, 0.05) is 12.8 Å². The topological polar surface area (TPSA) is 95.9 Å². The first-order valence-corrected chi connectivity index (χ1v) is 39.6. The van der Waals surface area contributed by atoms with Crippen LogP contribution in [0.4, 0.5) is 0 Å². The van der Waals surface area contributed by atoms with E-state index < -0.39 is 12.1 Å². The molecule has 6 heteroatoms. The smallest absolute Gasteiger partial charge is 0.305 e. The van der Waals surface area contributed by atoms with Gasteiger partial charge in [-0.05, 0) is 77.0 Å². The molecule has 510 valence electrons. The van der Waals surface area contributed by atoms with Gasteiger partial charge >= 0.3 is 5.97 Å². The molecule has 2 unspecified atom stereocenters. The molecule has 0 bridgehead atoms. The van der Waals surface area contributed by atoms with Gasteiger partial charge in [-0.1, -0.05) is 385 Å². The van der Waals surface area contributed by atoms with Crippen LogP contribution in [0.3, 0.4) is 0 Å². The summed E-state index contributed by atoms with van der Waals surface area (Å²) in [6.07, 6.45) is 96.9. The van der Waals surface area contributed by atoms with E-state index in [-0.39, 0.29) is 18.5 Å². The lowest BCUT2D eigenvalue weighted by Gasteiger charge is -2.22. The van der Waals surface area contributed by atoms with Crippen LogP contribution in [-0.4, -0.2) is 47.4 Å². The summed E-state index contributed by atoms with van der Waals surface area (Å²) in [5, 5.41) is 23.5. The maximum atomic E-state index is 12.6. The second-order valence-corrected chi connectivity index (χ2v) is 27.4. The molecule has 0 heterocycles. The largest absolute Gasteiger partial charge is 0.466 e. The Morgan fingerprint density at radius 2 is 0.547 bits per heavy atom. The van der Waals surface area contributed by atoms with Gasteiger partial charge in [0.05, 0.1) is 25.4 Å². The number of allylic oxidation sites excluding steroid dienone is 4. The maximum absolute atomic E-state index is 12.6. The van der Waals surface area contributed by atoms with Crippen molar-refractivity contribution in [2.24, 2.45) is 0 Å². The van der Waals surface area contributed by atoms with E-state index >= 15 is 0 Å². The van der Waals surface area contributed by atoms with Gasteiger partial charge in [0.1, 0.15) is 0 Å². The highest BCUT2D eigenvalue weighted by atomic mass is 16.5. The number of hydrogen-bond acceptors (Lipinski definition) is 5. The van der Waals surface area contributed by atoms with Gasteiger partial charge in [-0.2, -0.15) is 0 Å². The monoisotopic (exact) mass is 1210 g/mol. The third-order valence-corrected chi connectivity index (χ3v) is 18.7. The number of nitrogens with one attached hydrogen (secondary N) is 1. The normalized spacial score (nSPS) is 12.6. The molecular weight excluding hydrogens is 1050 g/mol. The lowest BCUT2D eigenvalue weighted by atomic mass is 10.0. The van der Waals surface area contributed by atoms with Crippen molar-refractivity contribution in [2.45, 2.75) is 463 Å². The molecule has 6 nitrogen and oxygen atoms in total. The summed E-state index contributed by atoms with van der Waals surface area (Å²) in [6.45, 7) is 5.00. The highest BCUT2D eigenvalue weighted by molar-refractivity contribution is 5.76. The van der Waals surface area contributed by atoms with Gasteiger partial charge < -0.3 is 20.3 Å². The fourth-order valence-corrected chi connectivity index (χ4v) is 12.7. The van der Waals surface area contributed by atoms with E-state index in [0.717, 1.165) is 44.9 Å². The molecular formula is C80H155NO5. The minimum atomic E-state index is -0.666. The van der Waals surface area contributed by atoms with Gasteiger partial charge in [-0.3, -0.25) is 9.59 Å². The van der Waals surface area contributed by atoms with E-state index in [2.05, 4.69) is 43.5 Å². The van der Waals surface area contributed by atoms with E-state index in [9.17, 15) is 19.8 Å². The quantitative estimate of drug-likeness (QED) is 0.0320. The SMILES string of the molecule is CCCCCCCCC/C=C\CCCCCCCC(=O)OCCCCCCCCCCCCCC/C=C\CCCCCCCCCCCCCCC(=O)NC(CO)C(O)CCCCCCCCCCCCCCCCCCCCCCCCCCC. The zero-order chi connectivity index (χ0) is 62.0. The summed E-state index contributed by atoms with van der Waals surface area (Å²) in [7, 11) is 0. The standard InChI is InChI=1S/C80H155NO5/c1-3-5-7-9-11-13-15-17-19-21-22-23-24-29-32-35-38-41-44-48-52-56-60-64-68-72-78(83)77(76-82)81-79(84)73-69-65-61-57-53-49-45-42-39-36-33-30-27-25-26-28-31-34-37-40-43-47-51-55-59-63-67-71-75-86-80(85)74-70-66-62-58-54-50-46-20-18-16-14-12-10-8-6-4-2/h20,25-26,46,77-78,82-83H,3-19,21-24,27-45,47-76H2,1-2H3,(H,81,84)/b26-25-,46-20-. The molecule has 0 radical (unpaired) electrons. The van der Waals surface area contributed by atoms with Crippen molar-refractivity contribution < 1.29 is 24.5 Å². The van der Waals surface area contributed by atoms with Crippen molar-refractivity contribution in [3.63, 3.8) is 0 Å². The average molecular weight is 1210 g/mol. The number of carbonyl (C=O) groups is 2. The van der Waals surface area contributed by atoms with Crippen LogP contribution in [-0.2, 0) is 14.3 Å². The van der Waals surface area contributed by atoms with Crippen LogP contribution in [0, 0.1) is 0 Å². The third-order valence-electron chi connectivity index (χ3n) is 18.7. The summed E-state index contributed by atoms with van der Waals surface area (Å²) < 4.78 is 5.50. The molecule has 0 fully saturated rings. The first-order valence-electron chi connectivity index (χ1n) is 39.6. The number of rotatable bonds is 75. The number of carbonyl (C=O) groups excluding carboxylic acids is 2. The van der Waals surface area contributed by atoms with Crippen molar-refractivity contribution in [3.8, 4) is 0 Å². The Hall–Kier alpha value is -1.66. The summed E-state index contributed by atoms with van der Waals surface area (Å²) in [6, 6.07) is -0.543. The molecule has 0 aliphatic rings. The average Bonchev–Trinajstić information content (AvgIpc) is 3.53. The third kappa shape index (κ3) is 71.4. The molecule has 3 N–H and O–H groups in total. The van der Waals surface area contributed by atoms with Crippen LogP contribution >= 0.6 is 0 Å². The highest BCUT2D eigenvalue weighted by Gasteiger charge is 2.20. The fraction of sp³-hybridized carbons (Fsp3) is 0.925. The molecule has 0 spiro atoms. The van der Waals surface area contributed by atoms with Gasteiger partial charge in [-0.25, -0.2) is 0 Å². The Labute approximate surface area is 539 Å². The zero-order valence-electron chi connectivity index (χ0n) is 58.6. The Bertz CT molecular complexity index is 1350. The molecule has 86 heavy (non-hydrogen) atoms. The summed E-state index contributed by atoms with van der Waals surface area (Å²) in [4.78, 5) is 24.7. The number of aliphatic hydroxyl groups is 2. The van der Waals surface area contributed by atoms with E-state index in [0.29, 0.717) is 25.9 Å².